The number of aliphatic carboxylic acids is 1. The number of Topliss-reactive ketones (excluding diaryl/α,β-unsaturated/α-hetero) is 1. The Labute approximate surface area is 161 Å². The van der Waals surface area contributed by atoms with Crippen molar-refractivity contribution in [3.05, 3.63) is 35.9 Å². The number of hydrogen-bond donors (Lipinski definition) is 1. The second-order valence-corrected chi connectivity index (χ2v) is 5.43. The largest absolute Gasteiger partial charge is 1.00 e. The van der Waals surface area contributed by atoms with Crippen molar-refractivity contribution in [2.75, 3.05) is 6.54 Å². The third kappa shape index (κ3) is 5.59. The molecule has 0 aromatic heterocycles. The zero-order chi connectivity index (χ0) is 16.8. The summed E-state index contributed by atoms with van der Waals surface area (Å²) >= 11 is 0. The van der Waals surface area contributed by atoms with Crippen LogP contribution in [0.4, 0.5) is 4.79 Å². The van der Waals surface area contributed by atoms with Crippen LogP contribution in [0.15, 0.2) is 30.3 Å². The van der Waals surface area contributed by atoms with E-state index in [-0.39, 0.29) is 36.2 Å². The SMILES string of the molecule is O=C([O-])C(=O)C[C@H](O)[C@@H]1CCCN1C(=O)OCc1ccccc1.[Na+]. The van der Waals surface area contributed by atoms with Gasteiger partial charge in [0.1, 0.15) is 12.6 Å². The third-order valence-corrected chi connectivity index (χ3v) is 3.81. The Morgan fingerprint density at radius 1 is 1.29 bits per heavy atom. The van der Waals surface area contributed by atoms with Crippen LogP contribution in [0.3, 0.4) is 0 Å². The molecular formula is C16H18NNaO6. The number of carbonyl (C=O) groups is 3. The Morgan fingerprint density at radius 2 is 1.96 bits per heavy atom. The molecule has 1 aromatic carbocycles. The van der Waals surface area contributed by atoms with Crippen LogP contribution in [0.25, 0.3) is 0 Å². The summed E-state index contributed by atoms with van der Waals surface area (Å²) in [7, 11) is 0. The number of ketones is 1. The van der Waals surface area contributed by atoms with Crippen LogP contribution in [0.2, 0.25) is 0 Å². The maximum absolute atomic E-state index is 12.1. The van der Waals surface area contributed by atoms with Crippen molar-refractivity contribution in [1.82, 2.24) is 4.90 Å². The van der Waals surface area contributed by atoms with E-state index < -0.39 is 36.4 Å². The molecule has 1 saturated heterocycles. The number of hydrogen-bond acceptors (Lipinski definition) is 6. The van der Waals surface area contributed by atoms with Crippen LogP contribution < -0.4 is 34.7 Å². The third-order valence-electron chi connectivity index (χ3n) is 3.81. The van der Waals surface area contributed by atoms with Crippen LogP contribution in [-0.4, -0.2) is 46.5 Å². The number of aliphatic hydroxyl groups is 1. The molecule has 1 amide bonds. The first-order valence-corrected chi connectivity index (χ1v) is 7.38. The Morgan fingerprint density at radius 3 is 2.58 bits per heavy atom. The molecule has 1 heterocycles. The van der Waals surface area contributed by atoms with Crippen LogP contribution in [0, 0.1) is 0 Å². The minimum Gasteiger partial charge on any atom is -0.542 e. The summed E-state index contributed by atoms with van der Waals surface area (Å²) in [6.45, 7) is 0.506. The van der Waals surface area contributed by atoms with E-state index in [4.69, 9.17) is 4.74 Å². The van der Waals surface area contributed by atoms with Crippen molar-refractivity contribution in [3.63, 3.8) is 0 Å². The molecule has 0 saturated carbocycles. The molecule has 1 aromatic rings. The number of carboxylic acids is 1. The topological polar surface area (TPSA) is 107 Å². The first-order valence-electron chi connectivity index (χ1n) is 7.38. The normalized spacial score (nSPS) is 17.7. The zero-order valence-electron chi connectivity index (χ0n) is 13.5. The molecule has 1 fully saturated rings. The van der Waals surface area contributed by atoms with E-state index in [1.54, 1.807) is 0 Å². The Balaban J connectivity index is 0.00000288. The van der Waals surface area contributed by atoms with E-state index in [1.807, 2.05) is 30.3 Å². The number of likely N-dealkylation sites (tertiary alicyclic amines) is 1. The number of aliphatic hydroxyl groups excluding tert-OH is 1. The molecule has 7 nitrogen and oxygen atoms in total. The van der Waals surface area contributed by atoms with Gasteiger partial charge in [0.15, 0.2) is 5.78 Å². The van der Waals surface area contributed by atoms with Crippen molar-refractivity contribution < 1.29 is 58.9 Å². The van der Waals surface area contributed by atoms with Gasteiger partial charge in [-0.25, -0.2) is 4.79 Å². The molecule has 8 heteroatoms. The first kappa shape index (κ1) is 20.6. The summed E-state index contributed by atoms with van der Waals surface area (Å²) in [6.07, 6.45) is -1.26. The van der Waals surface area contributed by atoms with Gasteiger partial charge in [0, 0.05) is 13.0 Å². The van der Waals surface area contributed by atoms with E-state index in [0.717, 1.165) is 5.56 Å². The number of benzene rings is 1. The molecule has 0 spiro atoms. The molecule has 1 N–H and O–H groups in total. The van der Waals surface area contributed by atoms with E-state index in [1.165, 1.54) is 4.90 Å². The number of amides is 1. The van der Waals surface area contributed by atoms with E-state index in [9.17, 15) is 24.6 Å². The van der Waals surface area contributed by atoms with E-state index in [0.29, 0.717) is 19.4 Å². The Hall–Kier alpha value is -1.41. The smallest absolute Gasteiger partial charge is 0.542 e. The fourth-order valence-electron chi connectivity index (χ4n) is 2.63. The van der Waals surface area contributed by atoms with E-state index in [2.05, 4.69) is 0 Å². The second-order valence-electron chi connectivity index (χ2n) is 5.43. The summed E-state index contributed by atoms with van der Waals surface area (Å²) in [5.74, 6) is -3.01. The quantitative estimate of drug-likeness (QED) is 0.432. The summed E-state index contributed by atoms with van der Waals surface area (Å²) < 4.78 is 5.21. The number of rotatable bonds is 6. The minimum atomic E-state index is -1.83. The van der Waals surface area contributed by atoms with Crippen molar-refractivity contribution in [3.8, 4) is 0 Å². The standard InChI is InChI=1S/C16H19NO6.Na/c18-13(9-14(19)15(20)21)12-7-4-8-17(12)16(22)23-10-11-5-2-1-3-6-11;/h1-3,5-6,12-13,18H,4,7-10H2,(H,20,21);/q;+1/p-1/t12-,13-;/m0./s1. The molecule has 124 valence electrons. The Kier molecular flexibility index (Phi) is 8.41. The zero-order valence-corrected chi connectivity index (χ0v) is 15.5. The van der Waals surface area contributed by atoms with Crippen LogP contribution in [0.1, 0.15) is 24.8 Å². The number of carboxylic acid groups (broad SMARTS) is 1. The van der Waals surface area contributed by atoms with Gasteiger partial charge in [-0.3, -0.25) is 4.79 Å². The molecule has 1 aliphatic rings. The van der Waals surface area contributed by atoms with Gasteiger partial charge in [-0.05, 0) is 18.4 Å². The van der Waals surface area contributed by atoms with Crippen molar-refractivity contribution in [2.45, 2.75) is 38.0 Å². The molecule has 0 unspecified atom stereocenters. The van der Waals surface area contributed by atoms with Crippen LogP contribution in [0.5, 0.6) is 0 Å². The van der Waals surface area contributed by atoms with Gasteiger partial charge in [0.05, 0.1) is 12.1 Å². The first-order chi connectivity index (χ1) is 11.0. The predicted molar refractivity (Wildman–Crippen MR) is 77.0 cm³/mol. The molecule has 0 radical (unpaired) electrons. The summed E-state index contributed by atoms with van der Waals surface area (Å²) in [6, 6.07) is 8.53. The average Bonchev–Trinajstić information content (AvgIpc) is 3.03. The predicted octanol–water partition coefficient (Wildman–Crippen LogP) is -3.14. The van der Waals surface area contributed by atoms with Gasteiger partial charge in [0.2, 0.25) is 0 Å². The molecule has 24 heavy (non-hydrogen) atoms. The summed E-state index contributed by atoms with van der Waals surface area (Å²) in [4.78, 5) is 35.1. The monoisotopic (exact) mass is 343 g/mol. The fourth-order valence-corrected chi connectivity index (χ4v) is 2.63. The van der Waals surface area contributed by atoms with Gasteiger partial charge in [-0.1, -0.05) is 30.3 Å². The number of nitrogens with zero attached hydrogens (tertiary/aromatic N) is 1. The summed E-state index contributed by atoms with van der Waals surface area (Å²) in [5.41, 5.74) is 0.837. The van der Waals surface area contributed by atoms with Crippen molar-refractivity contribution in [2.24, 2.45) is 0 Å². The van der Waals surface area contributed by atoms with Gasteiger partial charge in [-0.15, -0.1) is 0 Å². The van der Waals surface area contributed by atoms with Crippen LogP contribution in [-0.2, 0) is 20.9 Å². The van der Waals surface area contributed by atoms with Gasteiger partial charge in [-0.2, -0.15) is 0 Å². The Bertz CT molecular complexity index is 579. The average molecular weight is 343 g/mol. The van der Waals surface area contributed by atoms with Crippen molar-refractivity contribution in [1.29, 1.82) is 0 Å². The fraction of sp³-hybridized carbons (Fsp3) is 0.438. The molecule has 2 rings (SSSR count). The van der Waals surface area contributed by atoms with Gasteiger partial charge < -0.3 is 24.6 Å². The minimum absolute atomic E-state index is 0. The molecule has 0 aliphatic carbocycles. The maximum Gasteiger partial charge on any atom is 1.00 e. The molecular weight excluding hydrogens is 325 g/mol. The molecule has 1 aliphatic heterocycles. The van der Waals surface area contributed by atoms with Gasteiger partial charge >= 0.3 is 35.7 Å². The molecule has 2 atom stereocenters. The number of carbonyl (C=O) groups excluding carboxylic acids is 3. The van der Waals surface area contributed by atoms with Gasteiger partial charge in [0.25, 0.3) is 0 Å². The molecule has 0 bridgehead atoms. The second kappa shape index (κ2) is 9.78. The van der Waals surface area contributed by atoms with Crippen molar-refractivity contribution >= 4 is 17.8 Å². The maximum atomic E-state index is 12.1. The van der Waals surface area contributed by atoms with Crippen LogP contribution >= 0.6 is 0 Å². The summed E-state index contributed by atoms with van der Waals surface area (Å²) in [5, 5.41) is 20.5. The number of ether oxygens (including phenoxy) is 1. The van der Waals surface area contributed by atoms with E-state index >= 15 is 0 Å².